The SMILES string of the molecule is Cn1c(C2=C(c3c4n(c5ccccc35)CCC(CN)C4)C(=O)NC2=O)cc2ccccc21. The highest BCUT2D eigenvalue weighted by molar-refractivity contribution is 6.50. The number of aryl methyl sites for hydroxylation is 2. The predicted octanol–water partition coefficient (Wildman–Crippen LogP) is 3.22. The first-order valence-corrected chi connectivity index (χ1v) is 11.0. The van der Waals surface area contributed by atoms with Gasteiger partial charge in [-0.2, -0.15) is 0 Å². The number of para-hydroxylation sites is 2. The fraction of sp³-hybridized carbons (Fsp3) is 0.231. The standard InChI is InChI=1S/C26H24N4O2/c1-29-18-8-4-2-6-16(18)13-20(29)23-24(26(32)28-25(23)31)22-17-7-3-5-9-19(17)30-11-10-15(14-27)12-21(22)30/h2-9,13,15H,10-12,14,27H2,1H3,(H,28,31,32). The van der Waals surface area contributed by atoms with Crippen molar-refractivity contribution >= 4 is 44.8 Å². The largest absolute Gasteiger partial charge is 0.344 e. The Balaban J connectivity index is 1.69. The van der Waals surface area contributed by atoms with Crippen molar-refractivity contribution in [2.24, 2.45) is 18.7 Å². The molecule has 0 spiro atoms. The van der Waals surface area contributed by atoms with Crippen LogP contribution in [0, 0.1) is 5.92 Å². The number of aromatic nitrogens is 2. The maximum absolute atomic E-state index is 13.2. The summed E-state index contributed by atoms with van der Waals surface area (Å²) >= 11 is 0. The van der Waals surface area contributed by atoms with Crippen molar-refractivity contribution in [2.75, 3.05) is 6.54 Å². The molecule has 2 aromatic carbocycles. The number of hydrogen-bond donors (Lipinski definition) is 2. The molecule has 2 aliphatic heterocycles. The summed E-state index contributed by atoms with van der Waals surface area (Å²) in [4.78, 5) is 26.4. The van der Waals surface area contributed by atoms with Crippen molar-refractivity contribution in [2.45, 2.75) is 19.4 Å². The molecule has 32 heavy (non-hydrogen) atoms. The average Bonchev–Trinajstić information content (AvgIpc) is 3.41. The van der Waals surface area contributed by atoms with Crippen molar-refractivity contribution in [3.63, 3.8) is 0 Å². The molecule has 0 bridgehead atoms. The molecule has 0 radical (unpaired) electrons. The van der Waals surface area contributed by atoms with Gasteiger partial charge >= 0.3 is 0 Å². The van der Waals surface area contributed by atoms with Crippen LogP contribution < -0.4 is 11.1 Å². The van der Waals surface area contributed by atoms with Gasteiger partial charge < -0.3 is 14.9 Å². The number of fused-ring (bicyclic) bond motifs is 4. The Labute approximate surface area is 185 Å². The molecule has 2 aliphatic rings. The Hall–Kier alpha value is -3.64. The van der Waals surface area contributed by atoms with Crippen LogP contribution in [0.2, 0.25) is 0 Å². The summed E-state index contributed by atoms with van der Waals surface area (Å²) in [5, 5.41) is 4.62. The number of carbonyl (C=O) groups is 2. The van der Waals surface area contributed by atoms with Gasteiger partial charge in [-0.3, -0.25) is 14.9 Å². The van der Waals surface area contributed by atoms with Gasteiger partial charge in [0.1, 0.15) is 0 Å². The van der Waals surface area contributed by atoms with Gasteiger partial charge in [0.05, 0.1) is 16.8 Å². The fourth-order valence-corrected chi connectivity index (χ4v) is 5.46. The number of nitrogens with zero attached hydrogens (tertiary/aromatic N) is 2. The van der Waals surface area contributed by atoms with E-state index in [9.17, 15) is 9.59 Å². The van der Waals surface area contributed by atoms with Crippen molar-refractivity contribution in [1.29, 1.82) is 0 Å². The van der Waals surface area contributed by atoms with Gasteiger partial charge in [-0.1, -0.05) is 36.4 Å². The molecule has 160 valence electrons. The molecule has 2 amide bonds. The third kappa shape index (κ3) is 2.56. The third-order valence-corrected chi connectivity index (χ3v) is 7.04. The van der Waals surface area contributed by atoms with Crippen LogP contribution in [0.5, 0.6) is 0 Å². The monoisotopic (exact) mass is 424 g/mol. The predicted molar refractivity (Wildman–Crippen MR) is 126 cm³/mol. The summed E-state index contributed by atoms with van der Waals surface area (Å²) in [5.41, 5.74) is 11.8. The molecule has 6 heteroatoms. The normalized spacial score (nSPS) is 18.6. The topological polar surface area (TPSA) is 82.0 Å². The van der Waals surface area contributed by atoms with Gasteiger partial charge in [-0.25, -0.2) is 0 Å². The van der Waals surface area contributed by atoms with Crippen LogP contribution in [0.1, 0.15) is 23.4 Å². The molecular formula is C26H24N4O2. The fourth-order valence-electron chi connectivity index (χ4n) is 5.46. The van der Waals surface area contributed by atoms with Gasteiger partial charge in [0.2, 0.25) is 0 Å². The van der Waals surface area contributed by atoms with Crippen molar-refractivity contribution in [3.8, 4) is 0 Å². The number of nitrogens with two attached hydrogens (primary N) is 1. The van der Waals surface area contributed by atoms with Crippen LogP contribution in [0.15, 0.2) is 54.6 Å². The van der Waals surface area contributed by atoms with Crippen LogP contribution in [0.25, 0.3) is 33.0 Å². The Bertz CT molecular complexity index is 1470. The first-order chi connectivity index (χ1) is 15.6. The molecule has 6 rings (SSSR count). The van der Waals surface area contributed by atoms with Crippen molar-refractivity contribution in [1.82, 2.24) is 14.5 Å². The lowest BCUT2D eigenvalue weighted by molar-refractivity contribution is -0.122. The molecule has 0 fully saturated rings. The molecule has 4 aromatic rings. The zero-order chi connectivity index (χ0) is 22.0. The minimum absolute atomic E-state index is 0.329. The quantitative estimate of drug-likeness (QED) is 0.496. The second-order valence-corrected chi connectivity index (χ2v) is 8.77. The van der Waals surface area contributed by atoms with Crippen LogP contribution in [0.4, 0.5) is 0 Å². The zero-order valence-electron chi connectivity index (χ0n) is 17.9. The number of hydrogen-bond acceptors (Lipinski definition) is 3. The molecule has 0 saturated heterocycles. The smallest absolute Gasteiger partial charge is 0.261 e. The minimum Gasteiger partial charge on any atom is -0.344 e. The summed E-state index contributed by atoms with van der Waals surface area (Å²) in [7, 11) is 1.94. The van der Waals surface area contributed by atoms with Crippen LogP contribution in [-0.4, -0.2) is 27.5 Å². The van der Waals surface area contributed by atoms with Crippen molar-refractivity contribution in [3.05, 3.63) is 71.5 Å². The van der Waals surface area contributed by atoms with Gasteiger partial charge in [0.15, 0.2) is 0 Å². The molecule has 1 atom stereocenters. The van der Waals surface area contributed by atoms with Crippen LogP contribution in [-0.2, 0) is 29.6 Å². The Kier molecular flexibility index (Phi) is 4.13. The van der Waals surface area contributed by atoms with E-state index in [1.807, 2.05) is 54.1 Å². The maximum Gasteiger partial charge on any atom is 0.261 e. The third-order valence-electron chi connectivity index (χ3n) is 7.04. The van der Waals surface area contributed by atoms with E-state index in [0.717, 1.165) is 58.1 Å². The second-order valence-electron chi connectivity index (χ2n) is 8.77. The molecule has 4 heterocycles. The van der Waals surface area contributed by atoms with Crippen LogP contribution >= 0.6 is 0 Å². The van der Waals surface area contributed by atoms with E-state index < -0.39 is 0 Å². The molecule has 2 aromatic heterocycles. The van der Waals surface area contributed by atoms with Gasteiger partial charge in [0, 0.05) is 46.7 Å². The number of benzene rings is 2. The Morgan fingerprint density at radius 1 is 1.00 bits per heavy atom. The lowest BCUT2D eigenvalue weighted by Gasteiger charge is -2.25. The molecular weight excluding hydrogens is 400 g/mol. The summed E-state index contributed by atoms with van der Waals surface area (Å²) in [6, 6.07) is 18.2. The maximum atomic E-state index is 13.2. The van der Waals surface area contributed by atoms with E-state index in [-0.39, 0.29) is 11.8 Å². The van der Waals surface area contributed by atoms with E-state index in [2.05, 4.69) is 22.0 Å². The number of rotatable bonds is 3. The number of imide groups is 1. The number of amides is 2. The first kappa shape index (κ1) is 19.1. The zero-order valence-corrected chi connectivity index (χ0v) is 17.9. The first-order valence-electron chi connectivity index (χ1n) is 11.0. The average molecular weight is 425 g/mol. The Morgan fingerprint density at radius 2 is 1.72 bits per heavy atom. The highest BCUT2D eigenvalue weighted by Crippen LogP contribution is 2.41. The van der Waals surface area contributed by atoms with Crippen LogP contribution in [0.3, 0.4) is 0 Å². The lowest BCUT2D eigenvalue weighted by Crippen LogP contribution is -2.26. The van der Waals surface area contributed by atoms with E-state index in [4.69, 9.17) is 5.73 Å². The Morgan fingerprint density at radius 3 is 2.50 bits per heavy atom. The number of nitrogens with one attached hydrogen (secondary N) is 1. The minimum atomic E-state index is -0.342. The highest BCUT2D eigenvalue weighted by atomic mass is 16.2. The summed E-state index contributed by atoms with van der Waals surface area (Å²) < 4.78 is 4.30. The summed E-state index contributed by atoms with van der Waals surface area (Å²) in [5.74, 6) is -0.303. The van der Waals surface area contributed by atoms with E-state index >= 15 is 0 Å². The highest BCUT2D eigenvalue weighted by Gasteiger charge is 2.38. The molecule has 0 saturated carbocycles. The molecule has 0 aliphatic carbocycles. The van der Waals surface area contributed by atoms with Gasteiger partial charge in [-0.15, -0.1) is 0 Å². The van der Waals surface area contributed by atoms with Gasteiger partial charge in [0.25, 0.3) is 11.8 Å². The van der Waals surface area contributed by atoms with E-state index in [0.29, 0.717) is 23.6 Å². The molecule has 3 N–H and O–H groups in total. The molecule has 1 unspecified atom stereocenters. The summed E-state index contributed by atoms with van der Waals surface area (Å²) in [6.45, 7) is 1.48. The lowest BCUT2D eigenvalue weighted by atomic mass is 9.90. The number of carbonyl (C=O) groups excluding carboxylic acids is 2. The molecule has 6 nitrogen and oxygen atoms in total. The van der Waals surface area contributed by atoms with E-state index in [1.54, 1.807) is 0 Å². The van der Waals surface area contributed by atoms with Crippen molar-refractivity contribution < 1.29 is 9.59 Å². The summed E-state index contributed by atoms with van der Waals surface area (Å²) in [6.07, 6.45) is 1.82. The van der Waals surface area contributed by atoms with Gasteiger partial charge in [-0.05, 0) is 43.5 Å². The second kappa shape index (κ2) is 6.93. The van der Waals surface area contributed by atoms with E-state index in [1.165, 1.54) is 0 Å².